The molecule has 0 radical (unpaired) electrons. The second kappa shape index (κ2) is 11.7. The summed E-state index contributed by atoms with van der Waals surface area (Å²) in [5.41, 5.74) is 11.7. The summed E-state index contributed by atoms with van der Waals surface area (Å²) in [6.07, 6.45) is -0.127. The highest BCUT2D eigenvalue weighted by Gasteiger charge is 2.28. The molecule has 0 aliphatic carbocycles. The fraction of sp³-hybridized carbons (Fsp3) is 0.103. The van der Waals surface area contributed by atoms with Crippen molar-refractivity contribution in [3.63, 3.8) is 0 Å². The van der Waals surface area contributed by atoms with E-state index in [4.69, 9.17) is 25.7 Å². The summed E-state index contributed by atoms with van der Waals surface area (Å²) in [5.74, 6) is -8.58. The molecule has 0 amide bonds. The molecule has 3 aromatic carbocycles. The van der Waals surface area contributed by atoms with Crippen LogP contribution in [-0.2, 0) is 0 Å². The highest BCUT2D eigenvalue weighted by molar-refractivity contribution is 5.99. The van der Waals surface area contributed by atoms with Gasteiger partial charge in [-0.3, -0.25) is 4.99 Å². The summed E-state index contributed by atoms with van der Waals surface area (Å²) in [4.78, 5) is 21.3. The zero-order valence-electron chi connectivity index (χ0n) is 22.4. The first kappa shape index (κ1) is 28.9. The van der Waals surface area contributed by atoms with Crippen LogP contribution >= 0.6 is 0 Å². The number of aromatic hydroxyl groups is 2. The lowest BCUT2D eigenvalue weighted by Crippen LogP contribution is -2.23. The number of nitrogens with two attached hydrogens (primary N) is 2. The van der Waals surface area contributed by atoms with Crippen molar-refractivity contribution >= 4 is 11.8 Å². The molecule has 0 saturated heterocycles. The second-order valence-electron chi connectivity index (χ2n) is 9.25. The average molecular weight is 592 g/mol. The molecule has 0 bridgehead atoms. The summed E-state index contributed by atoms with van der Waals surface area (Å²) in [7, 11) is 1.86. The number of phenolic OH excluding ortho intramolecular Hbond substituents is 2. The Morgan fingerprint density at radius 3 is 2.35 bits per heavy atom. The van der Waals surface area contributed by atoms with Crippen LogP contribution in [0.3, 0.4) is 0 Å². The van der Waals surface area contributed by atoms with Gasteiger partial charge in [-0.1, -0.05) is 12.1 Å². The van der Waals surface area contributed by atoms with Crippen LogP contribution in [0.4, 0.5) is 8.78 Å². The van der Waals surface area contributed by atoms with Crippen LogP contribution in [0.15, 0.2) is 65.7 Å². The maximum atomic E-state index is 15.8. The number of carboxylic acids is 1. The largest absolute Gasteiger partial charge is 0.545 e. The molecule has 1 aliphatic heterocycles. The number of ether oxygens (including phenoxy) is 3. The van der Waals surface area contributed by atoms with Gasteiger partial charge >= 0.3 is 0 Å². The first-order chi connectivity index (χ1) is 20.5. The lowest BCUT2D eigenvalue weighted by molar-refractivity contribution is -0.255. The molecule has 220 valence electrons. The van der Waals surface area contributed by atoms with E-state index in [0.29, 0.717) is 24.5 Å². The average Bonchev–Trinajstić information content (AvgIpc) is 3.41. The third-order valence-electron chi connectivity index (χ3n) is 6.25. The Labute approximate surface area is 243 Å². The number of rotatable bonds is 9. The van der Waals surface area contributed by atoms with Gasteiger partial charge in [-0.15, -0.1) is 0 Å². The van der Waals surface area contributed by atoms with Gasteiger partial charge in [0, 0.05) is 30.8 Å². The number of carbonyl (C=O) groups excluding carboxylic acids is 1. The summed E-state index contributed by atoms with van der Waals surface area (Å²) in [6.45, 7) is 1.32. The number of phenols is 2. The van der Waals surface area contributed by atoms with Crippen molar-refractivity contribution in [1.29, 1.82) is 0 Å². The Balaban J connectivity index is 1.58. The Morgan fingerprint density at radius 1 is 0.953 bits per heavy atom. The smallest absolute Gasteiger partial charge is 0.264 e. The fourth-order valence-electron chi connectivity index (χ4n) is 4.08. The maximum Gasteiger partial charge on any atom is 0.264 e. The van der Waals surface area contributed by atoms with Gasteiger partial charge in [0.2, 0.25) is 23.1 Å². The van der Waals surface area contributed by atoms with E-state index in [2.05, 4.69) is 9.98 Å². The number of aromatic nitrogens is 1. The van der Waals surface area contributed by atoms with E-state index in [0.717, 1.165) is 18.2 Å². The number of likely N-dealkylation sites (N-methyl/N-ethyl adjacent to an activating group) is 1. The predicted molar refractivity (Wildman–Crippen MR) is 146 cm³/mol. The molecule has 2 heterocycles. The monoisotopic (exact) mass is 591 g/mol. The van der Waals surface area contributed by atoms with Gasteiger partial charge in [-0.25, -0.2) is 11.5 Å². The fourth-order valence-corrected chi connectivity index (χ4v) is 4.08. The van der Waals surface area contributed by atoms with Crippen LogP contribution in [0.5, 0.6) is 46.3 Å². The van der Waals surface area contributed by atoms with E-state index >= 15 is 8.78 Å². The molecule has 14 heteroatoms. The zero-order valence-corrected chi connectivity index (χ0v) is 22.4. The Morgan fingerprint density at radius 2 is 1.70 bits per heavy atom. The van der Waals surface area contributed by atoms with E-state index in [-0.39, 0.29) is 23.2 Å². The van der Waals surface area contributed by atoms with Gasteiger partial charge in [0.05, 0.1) is 24.6 Å². The van der Waals surface area contributed by atoms with Crippen molar-refractivity contribution in [3.05, 3.63) is 95.2 Å². The number of pyridine rings is 1. The summed E-state index contributed by atoms with van der Waals surface area (Å²) in [5, 5.41) is 31.7. The van der Waals surface area contributed by atoms with Crippen LogP contribution in [0.25, 0.3) is 0 Å². The zero-order chi connectivity index (χ0) is 30.8. The number of nitrogens with zero attached hydrogens (tertiary/aromatic N) is 3. The third kappa shape index (κ3) is 6.05. The van der Waals surface area contributed by atoms with Gasteiger partial charge in [0.25, 0.3) is 11.8 Å². The van der Waals surface area contributed by atoms with Crippen molar-refractivity contribution in [1.82, 2.24) is 9.88 Å². The number of aliphatic imine (C=N–C) groups is 1. The molecular formula is C29H23F2N5O7. The number of carbonyl (C=O) groups is 1. The molecule has 0 atom stereocenters. The normalized spacial score (nSPS) is 12.6. The molecule has 4 aromatic rings. The standard InChI is InChI=1S/C29H23F2N5O7/c1-36-10-9-34-26(36)15-3-2-4-17(11-15)41-27-22(30)24(42-20-8-6-16(29(39)40)12-19(20)38)23(31)28(35-27)43-21-13-14(25(32)33)5-7-18(21)37/h2-8,11-13,37-38H,9-10H2,1H3,(H3,32,33)(H,39,40). The highest BCUT2D eigenvalue weighted by Crippen LogP contribution is 2.42. The quantitative estimate of drug-likeness (QED) is 0.209. The topological polar surface area (TPSA) is 189 Å². The van der Waals surface area contributed by atoms with Crippen molar-refractivity contribution in [2.75, 3.05) is 20.1 Å². The first-order valence-corrected chi connectivity index (χ1v) is 12.6. The lowest BCUT2D eigenvalue weighted by Gasteiger charge is -2.16. The molecule has 5 rings (SSSR count). The number of hydrogen-bond donors (Lipinski definition) is 4. The number of halogens is 2. The number of hydrogen-bond acceptors (Lipinski definition) is 12. The van der Waals surface area contributed by atoms with Crippen LogP contribution in [0.1, 0.15) is 21.5 Å². The van der Waals surface area contributed by atoms with Crippen molar-refractivity contribution < 1.29 is 43.1 Å². The van der Waals surface area contributed by atoms with Crippen LogP contribution < -0.4 is 30.8 Å². The highest BCUT2D eigenvalue weighted by atomic mass is 19.1. The van der Waals surface area contributed by atoms with E-state index in [1.807, 2.05) is 11.9 Å². The third-order valence-corrected chi connectivity index (χ3v) is 6.25. The Bertz CT molecular complexity index is 1750. The minimum Gasteiger partial charge on any atom is -0.545 e. The van der Waals surface area contributed by atoms with Gasteiger partial charge < -0.3 is 39.2 Å². The van der Waals surface area contributed by atoms with E-state index in [1.54, 1.807) is 18.2 Å². The van der Waals surface area contributed by atoms with Gasteiger partial charge in [-0.05, 0) is 30.3 Å². The molecule has 43 heavy (non-hydrogen) atoms. The molecule has 1 aromatic heterocycles. The lowest BCUT2D eigenvalue weighted by atomic mass is 10.1. The van der Waals surface area contributed by atoms with Crippen molar-refractivity contribution in [2.24, 2.45) is 16.5 Å². The Hall–Kier alpha value is -5.60. The van der Waals surface area contributed by atoms with Crippen LogP contribution in [0.2, 0.25) is 0 Å². The maximum absolute atomic E-state index is 15.8. The molecule has 0 saturated carbocycles. The van der Waals surface area contributed by atoms with Crippen molar-refractivity contribution in [3.8, 4) is 46.3 Å². The van der Waals surface area contributed by atoms with E-state index in [1.165, 1.54) is 24.3 Å². The predicted octanol–water partition coefficient (Wildman–Crippen LogP) is 2.96. The van der Waals surface area contributed by atoms with Gasteiger partial charge in [-0.2, -0.15) is 13.8 Å². The number of amidine groups is 1. The SMILES string of the molecule is CN1CCN=C1c1cccc(Oc2nc(Oc3cc([C+](N)N)ccc3O)c(F)c(Oc3ccc(C(=O)[O-])cc3O)c2F)c1. The molecule has 1 aliphatic rings. The second-order valence-corrected chi connectivity index (χ2v) is 9.25. The van der Waals surface area contributed by atoms with Crippen LogP contribution in [-0.4, -0.2) is 52.0 Å². The molecular weight excluding hydrogens is 568 g/mol. The Kier molecular flexibility index (Phi) is 7.88. The first-order valence-electron chi connectivity index (χ1n) is 12.6. The summed E-state index contributed by atoms with van der Waals surface area (Å²) >= 11 is 0. The summed E-state index contributed by atoms with van der Waals surface area (Å²) < 4.78 is 48.0. The molecule has 0 fully saturated rings. The minimum atomic E-state index is -1.59. The van der Waals surface area contributed by atoms with Crippen molar-refractivity contribution in [2.45, 2.75) is 0 Å². The number of benzene rings is 3. The van der Waals surface area contributed by atoms with E-state index < -0.39 is 57.9 Å². The molecule has 12 nitrogen and oxygen atoms in total. The van der Waals surface area contributed by atoms with Gasteiger partial charge in [0.15, 0.2) is 29.0 Å². The van der Waals surface area contributed by atoms with Crippen LogP contribution in [0, 0.1) is 17.8 Å². The number of carboxylic acid groups (broad SMARTS) is 1. The molecule has 0 unspecified atom stereocenters. The summed E-state index contributed by atoms with van der Waals surface area (Å²) in [6, 6.07) is 13.0. The molecule has 0 spiro atoms. The minimum absolute atomic E-state index is 0.104. The van der Waals surface area contributed by atoms with E-state index in [9.17, 15) is 20.1 Å². The number of aromatic carboxylic acids is 1. The molecule has 6 N–H and O–H groups in total. The van der Waals surface area contributed by atoms with Gasteiger partial charge in [0.1, 0.15) is 11.6 Å².